The first-order valence-corrected chi connectivity index (χ1v) is 9.18. The number of aromatic nitrogens is 2. The highest BCUT2D eigenvalue weighted by Crippen LogP contribution is 2.26. The normalized spacial score (nSPS) is 11.1. The van der Waals surface area contributed by atoms with Crippen molar-refractivity contribution in [3.05, 3.63) is 94.5 Å². The molecule has 0 radical (unpaired) electrons. The second-order valence-electron chi connectivity index (χ2n) is 6.40. The zero-order chi connectivity index (χ0) is 20.2. The van der Waals surface area contributed by atoms with Gasteiger partial charge in [0.25, 0.3) is 5.56 Å². The summed E-state index contributed by atoms with van der Waals surface area (Å²) in [6, 6.07) is 22.4. The summed E-state index contributed by atoms with van der Waals surface area (Å²) in [6.07, 6.45) is 3.71. The van der Waals surface area contributed by atoms with Gasteiger partial charge >= 0.3 is 0 Å². The minimum atomic E-state index is -0.108. The van der Waals surface area contributed by atoms with Crippen LogP contribution in [0.5, 0.6) is 11.5 Å². The molecule has 0 N–H and O–H groups in total. The van der Waals surface area contributed by atoms with Gasteiger partial charge in [-0.15, -0.1) is 0 Å². The van der Waals surface area contributed by atoms with Crippen molar-refractivity contribution in [2.24, 2.45) is 0 Å². The summed E-state index contributed by atoms with van der Waals surface area (Å²) in [5.74, 6) is 1.93. The molecule has 4 rings (SSSR count). The lowest BCUT2D eigenvalue weighted by Crippen LogP contribution is -2.22. The molecule has 5 nitrogen and oxygen atoms in total. The quantitative estimate of drug-likeness (QED) is 0.506. The van der Waals surface area contributed by atoms with Crippen LogP contribution in [0.3, 0.4) is 0 Å². The Balaban J connectivity index is 1.89. The largest absolute Gasteiger partial charge is 0.497 e. The number of benzene rings is 3. The van der Waals surface area contributed by atoms with Gasteiger partial charge < -0.3 is 9.47 Å². The summed E-state index contributed by atoms with van der Waals surface area (Å²) in [5.41, 5.74) is 2.17. The predicted octanol–water partition coefficient (Wildman–Crippen LogP) is 4.57. The van der Waals surface area contributed by atoms with Gasteiger partial charge in [-0.1, -0.05) is 30.3 Å². The average Bonchev–Trinajstić information content (AvgIpc) is 2.78. The van der Waals surface area contributed by atoms with Crippen molar-refractivity contribution in [1.82, 2.24) is 9.55 Å². The van der Waals surface area contributed by atoms with Crippen molar-refractivity contribution < 1.29 is 9.47 Å². The lowest BCUT2D eigenvalue weighted by molar-refractivity contribution is 0.394. The standard InChI is InChI=1S/C24H20N2O3/c1-28-19-14-12-17(22(16-19)29-2)13-15-23-25-21-11-7-6-10-20(21)24(27)26(23)18-8-4-3-5-9-18/h3-16H,1-2H3. The van der Waals surface area contributed by atoms with Crippen LogP contribution in [-0.4, -0.2) is 23.8 Å². The summed E-state index contributed by atoms with van der Waals surface area (Å²) in [6.45, 7) is 0. The maximum Gasteiger partial charge on any atom is 0.266 e. The molecule has 0 aliphatic heterocycles. The fourth-order valence-corrected chi connectivity index (χ4v) is 3.21. The third-order valence-electron chi connectivity index (χ3n) is 4.67. The maximum atomic E-state index is 13.2. The van der Waals surface area contributed by atoms with E-state index in [-0.39, 0.29) is 5.56 Å². The molecule has 0 saturated carbocycles. The van der Waals surface area contributed by atoms with E-state index in [1.807, 2.05) is 78.9 Å². The number of nitrogens with zero attached hydrogens (tertiary/aromatic N) is 2. The molecule has 3 aromatic carbocycles. The van der Waals surface area contributed by atoms with Crippen LogP contribution in [0, 0.1) is 0 Å². The molecule has 0 spiro atoms. The topological polar surface area (TPSA) is 53.3 Å². The van der Waals surface area contributed by atoms with E-state index >= 15 is 0 Å². The number of ether oxygens (including phenoxy) is 2. The number of methoxy groups -OCH3 is 2. The van der Waals surface area contributed by atoms with Crippen molar-refractivity contribution in [1.29, 1.82) is 0 Å². The zero-order valence-electron chi connectivity index (χ0n) is 16.2. The first-order valence-electron chi connectivity index (χ1n) is 9.18. The summed E-state index contributed by atoms with van der Waals surface area (Å²) in [7, 11) is 3.22. The van der Waals surface area contributed by atoms with Gasteiger partial charge in [-0.3, -0.25) is 9.36 Å². The third-order valence-corrected chi connectivity index (χ3v) is 4.67. The highest BCUT2D eigenvalue weighted by Gasteiger charge is 2.11. The average molecular weight is 384 g/mol. The van der Waals surface area contributed by atoms with Crippen LogP contribution >= 0.6 is 0 Å². The SMILES string of the molecule is COc1ccc(C=Cc2nc3ccccc3c(=O)n2-c2ccccc2)c(OC)c1. The van der Waals surface area contributed by atoms with Crippen LogP contribution < -0.4 is 15.0 Å². The predicted molar refractivity (Wildman–Crippen MR) is 116 cm³/mol. The molecule has 0 bridgehead atoms. The molecule has 0 aliphatic rings. The Morgan fingerprint density at radius 2 is 1.62 bits per heavy atom. The Kier molecular flexibility index (Phi) is 5.12. The van der Waals surface area contributed by atoms with Gasteiger partial charge in [0.1, 0.15) is 17.3 Å². The van der Waals surface area contributed by atoms with E-state index in [1.54, 1.807) is 24.9 Å². The minimum Gasteiger partial charge on any atom is -0.497 e. The molecule has 1 aromatic heterocycles. The van der Waals surface area contributed by atoms with Crippen LogP contribution in [-0.2, 0) is 0 Å². The summed E-state index contributed by atoms with van der Waals surface area (Å²) < 4.78 is 12.3. The third kappa shape index (κ3) is 3.62. The molecule has 0 unspecified atom stereocenters. The number of rotatable bonds is 5. The number of hydrogen-bond acceptors (Lipinski definition) is 4. The molecular weight excluding hydrogens is 364 g/mol. The van der Waals surface area contributed by atoms with Crippen molar-refractivity contribution in [3.8, 4) is 17.2 Å². The van der Waals surface area contributed by atoms with E-state index in [4.69, 9.17) is 14.5 Å². The smallest absolute Gasteiger partial charge is 0.266 e. The molecular formula is C24H20N2O3. The molecule has 144 valence electrons. The highest BCUT2D eigenvalue weighted by atomic mass is 16.5. The molecule has 0 aliphatic carbocycles. The Morgan fingerprint density at radius 3 is 2.38 bits per heavy atom. The van der Waals surface area contributed by atoms with Gasteiger partial charge in [-0.2, -0.15) is 0 Å². The van der Waals surface area contributed by atoms with Crippen molar-refractivity contribution >= 4 is 23.1 Å². The fourth-order valence-electron chi connectivity index (χ4n) is 3.21. The lowest BCUT2D eigenvalue weighted by Gasteiger charge is -2.12. The molecule has 29 heavy (non-hydrogen) atoms. The van der Waals surface area contributed by atoms with Crippen molar-refractivity contribution in [2.75, 3.05) is 14.2 Å². The van der Waals surface area contributed by atoms with Gasteiger partial charge in [-0.25, -0.2) is 4.98 Å². The van der Waals surface area contributed by atoms with Crippen LogP contribution in [0.25, 0.3) is 28.7 Å². The van der Waals surface area contributed by atoms with Crippen LogP contribution in [0.15, 0.2) is 77.6 Å². The number of hydrogen-bond donors (Lipinski definition) is 0. The second kappa shape index (κ2) is 8.02. The Labute approximate surface area is 168 Å². The molecule has 1 heterocycles. The van der Waals surface area contributed by atoms with Gasteiger partial charge in [0.05, 0.1) is 30.8 Å². The van der Waals surface area contributed by atoms with Crippen LogP contribution in [0.4, 0.5) is 0 Å². The number of para-hydroxylation sites is 2. The number of fused-ring (bicyclic) bond motifs is 1. The molecule has 0 saturated heterocycles. The van der Waals surface area contributed by atoms with Gasteiger partial charge in [0, 0.05) is 11.6 Å². The van der Waals surface area contributed by atoms with E-state index in [0.29, 0.717) is 28.2 Å². The van der Waals surface area contributed by atoms with E-state index in [2.05, 4.69) is 0 Å². The minimum absolute atomic E-state index is 0.108. The van der Waals surface area contributed by atoms with Crippen LogP contribution in [0.2, 0.25) is 0 Å². The molecule has 4 aromatic rings. The van der Waals surface area contributed by atoms with Crippen LogP contribution in [0.1, 0.15) is 11.4 Å². The molecule has 5 heteroatoms. The summed E-state index contributed by atoms with van der Waals surface area (Å²) in [5, 5.41) is 0.579. The Hall–Kier alpha value is -3.86. The lowest BCUT2D eigenvalue weighted by atomic mass is 10.1. The molecule has 0 amide bonds. The Bertz CT molecular complexity index is 1240. The van der Waals surface area contributed by atoms with Crippen molar-refractivity contribution in [2.45, 2.75) is 0 Å². The van der Waals surface area contributed by atoms with Gasteiger partial charge in [-0.05, 0) is 48.6 Å². The fraction of sp³-hybridized carbons (Fsp3) is 0.0833. The van der Waals surface area contributed by atoms with E-state index < -0.39 is 0 Å². The molecule has 0 fully saturated rings. The van der Waals surface area contributed by atoms with E-state index in [9.17, 15) is 4.79 Å². The first kappa shape index (κ1) is 18.5. The summed E-state index contributed by atoms with van der Waals surface area (Å²) in [4.78, 5) is 17.9. The van der Waals surface area contributed by atoms with Gasteiger partial charge in [0.15, 0.2) is 0 Å². The Morgan fingerprint density at radius 1 is 0.862 bits per heavy atom. The first-order chi connectivity index (χ1) is 14.2. The van der Waals surface area contributed by atoms with Gasteiger partial charge in [0.2, 0.25) is 0 Å². The van der Waals surface area contributed by atoms with E-state index in [1.165, 1.54) is 0 Å². The highest BCUT2D eigenvalue weighted by molar-refractivity contribution is 5.80. The second-order valence-corrected chi connectivity index (χ2v) is 6.40. The zero-order valence-corrected chi connectivity index (χ0v) is 16.2. The van der Waals surface area contributed by atoms with E-state index in [0.717, 1.165) is 11.3 Å². The monoisotopic (exact) mass is 384 g/mol. The van der Waals surface area contributed by atoms with Crippen molar-refractivity contribution in [3.63, 3.8) is 0 Å². The molecule has 0 atom stereocenters. The maximum absolute atomic E-state index is 13.2. The summed E-state index contributed by atoms with van der Waals surface area (Å²) >= 11 is 0.